The minimum Gasteiger partial charge on any atom is -0.462 e. The quantitative estimate of drug-likeness (QED) is 0.672. The van der Waals surface area contributed by atoms with Crippen LogP contribution in [0.1, 0.15) is 35.8 Å². The van der Waals surface area contributed by atoms with Crippen LogP contribution in [-0.2, 0) is 14.8 Å². The molecule has 0 N–H and O–H groups in total. The van der Waals surface area contributed by atoms with Crippen LogP contribution in [0.25, 0.3) is 0 Å². The predicted octanol–water partition coefficient (Wildman–Crippen LogP) is 3.07. The number of nitrogens with zero attached hydrogens (tertiary/aromatic N) is 2. The minimum absolute atomic E-state index is 0.134. The third-order valence-corrected chi connectivity index (χ3v) is 7.09. The van der Waals surface area contributed by atoms with Crippen molar-refractivity contribution in [1.29, 1.82) is 0 Å². The molecule has 1 unspecified atom stereocenters. The molecule has 0 amide bonds. The van der Waals surface area contributed by atoms with E-state index in [4.69, 9.17) is 4.74 Å². The Bertz CT molecular complexity index is 955. The summed E-state index contributed by atoms with van der Waals surface area (Å²) in [6, 6.07) is 12.3. The highest BCUT2D eigenvalue weighted by Crippen LogP contribution is 2.26. The molecule has 0 saturated carbocycles. The molecule has 0 bridgehead atoms. The van der Waals surface area contributed by atoms with Gasteiger partial charge in [-0.3, -0.25) is 4.90 Å². The summed E-state index contributed by atoms with van der Waals surface area (Å²) in [4.78, 5) is 14.0. The largest absolute Gasteiger partial charge is 0.462 e. The second-order valence-corrected chi connectivity index (χ2v) is 8.82. The third-order valence-electron chi connectivity index (χ3n) is 5.18. The van der Waals surface area contributed by atoms with Gasteiger partial charge in [0.1, 0.15) is 5.82 Å². The lowest BCUT2D eigenvalue weighted by atomic mass is 10.1. The molecule has 1 aliphatic rings. The summed E-state index contributed by atoms with van der Waals surface area (Å²) in [5.74, 6) is -0.732. The number of hydrogen-bond donors (Lipinski definition) is 0. The van der Waals surface area contributed by atoms with E-state index in [2.05, 4.69) is 4.90 Å². The van der Waals surface area contributed by atoms with Gasteiger partial charge in [-0.25, -0.2) is 17.6 Å². The second kappa shape index (κ2) is 9.02. The molecule has 6 nitrogen and oxygen atoms in total. The van der Waals surface area contributed by atoms with Crippen molar-refractivity contribution < 1.29 is 22.3 Å². The summed E-state index contributed by atoms with van der Waals surface area (Å²) in [6.07, 6.45) is 0. The fourth-order valence-corrected chi connectivity index (χ4v) is 4.89. The van der Waals surface area contributed by atoms with Crippen molar-refractivity contribution >= 4 is 16.0 Å². The summed E-state index contributed by atoms with van der Waals surface area (Å²) >= 11 is 0. The first kappa shape index (κ1) is 21.4. The zero-order chi connectivity index (χ0) is 21.0. The molecule has 1 aliphatic heterocycles. The van der Waals surface area contributed by atoms with Crippen LogP contribution >= 0.6 is 0 Å². The SMILES string of the molecule is CCOC(=O)c1ccc(S(=O)(=O)N2CCN(C(C)c3ccccc3F)CC2)cc1. The molecule has 1 saturated heterocycles. The number of rotatable bonds is 6. The Morgan fingerprint density at radius 2 is 1.69 bits per heavy atom. The van der Waals surface area contributed by atoms with E-state index < -0.39 is 16.0 Å². The molecule has 0 spiro atoms. The van der Waals surface area contributed by atoms with Crippen LogP contribution in [0.2, 0.25) is 0 Å². The van der Waals surface area contributed by atoms with Crippen molar-refractivity contribution in [3.63, 3.8) is 0 Å². The molecule has 0 radical (unpaired) electrons. The number of esters is 1. The first-order valence-electron chi connectivity index (χ1n) is 9.60. The zero-order valence-electron chi connectivity index (χ0n) is 16.5. The van der Waals surface area contributed by atoms with Gasteiger partial charge in [0.05, 0.1) is 17.1 Å². The van der Waals surface area contributed by atoms with Gasteiger partial charge in [-0.15, -0.1) is 0 Å². The second-order valence-electron chi connectivity index (χ2n) is 6.88. The first-order chi connectivity index (χ1) is 13.8. The van der Waals surface area contributed by atoms with Crippen LogP contribution in [0.5, 0.6) is 0 Å². The molecule has 3 rings (SSSR count). The molecule has 2 aromatic carbocycles. The molecule has 0 aromatic heterocycles. The van der Waals surface area contributed by atoms with Gasteiger partial charge in [0, 0.05) is 37.8 Å². The van der Waals surface area contributed by atoms with Crippen LogP contribution in [-0.4, -0.2) is 56.4 Å². The van der Waals surface area contributed by atoms with E-state index >= 15 is 0 Å². The van der Waals surface area contributed by atoms with Crippen molar-refractivity contribution in [1.82, 2.24) is 9.21 Å². The maximum absolute atomic E-state index is 14.1. The Kier molecular flexibility index (Phi) is 6.66. The number of ether oxygens (including phenoxy) is 1. The van der Waals surface area contributed by atoms with Gasteiger partial charge in [-0.05, 0) is 44.2 Å². The van der Waals surface area contributed by atoms with Crippen LogP contribution in [0.15, 0.2) is 53.4 Å². The van der Waals surface area contributed by atoms with E-state index in [1.54, 1.807) is 25.1 Å². The summed E-state index contributed by atoms with van der Waals surface area (Å²) in [7, 11) is -3.66. The predicted molar refractivity (Wildman–Crippen MR) is 108 cm³/mol. The maximum Gasteiger partial charge on any atom is 0.338 e. The maximum atomic E-state index is 14.1. The average molecular weight is 421 g/mol. The van der Waals surface area contributed by atoms with Crippen molar-refractivity contribution in [2.24, 2.45) is 0 Å². The number of piperazine rings is 1. The van der Waals surface area contributed by atoms with Gasteiger partial charge in [0.15, 0.2) is 0 Å². The van der Waals surface area contributed by atoms with Crippen molar-refractivity contribution in [3.05, 3.63) is 65.5 Å². The molecule has 1 heterocycles. The standard InChI is InChI=1S/C21H25FN2O4S/c1-3-28-21(25)17-8-10-18(11-9-17)29(26,27)24-14-12-23(13-15-24)16(2)19-6-4-5-7-20(19)22/h4-11,16H,3,12-15H2,1-2H3. The lowest BCUT2D eigenvalue weighted by Gasteiger charge is -2.37. The van der Waals surface area contributed by atoms with Crippen molar-refractivity contribution in [2.45, 2.75) is 24.8 Å². The minimum atomic E-state index is -3.66. The molecular weight excluding hydrogens is 395 g/mol. The van der Waals surface area contributed by atoms with Gasteiger partial charge in [0.25, 0.3) is 0 Å². The molecule has 2 aromatic rings. The number of carbonyl (C=O) groups excluding carboxylic acids is 1. The number of hydrogen-bond acceptors (Lipinski definition) is 5. The Hall–Kier alpha value is -2.29. The Morgan fingerprint density at radius 1 is 1.07 bits per heavy atom. The molecule has 1 atom stereocenters. The average Bonchev–Trinajstić information content (AvgIpc) is 2.74. The van der Waals surface area contributed by atoms with Gasteiger partial charge in [0.2, 0.25) is 10.0 Å². The van der Waals surface area contributed by atoms with Gasteiger partial charge in [-0.2, -0.15) is 4.31 Å². The highest BCUT2D eigenvalue weighted by atomic mass is 32.2. The Balaban J connectivity index is 1.66. The van der Waals surface area contributed by atoms with Crippen LogP contribution in [0, 0.1) is 5.82 Å². The third kappa shape index (κ3) is 4.66. The monoisotopic (exact) mass is 420 g/mol. The highest BCUT2D eigenvalue weighted by molar-refractivity contribution is 7.89. The molecule has 8 heteroatoms. The normalized spacial score (nSPS) is 17.1. The van der Waals surface area contributed by atoms with E-state index in [9.17, 15) is 17.6 Å². The van der Waals surface area contributed by atoms with Crippen LogP contribution in [0.3, 0.4) is 0 Å². The molecule has 0 aliphatic carbocycles. The van der Waals surface area contributed by atoms with E-state index in [0.29, 0.717) is 37.3 Å². The van der Waals surface area contributed by atoms with E-state index in [1.807, 2.05) is 6.92 Å². The lowest BCUT2D eigenvalue weighted by Crippen LogP contribution is -2.49. The number of benzene rings is 2. The summed E-state index contributed by atoms with van der Waals surface area (Å²) < 4.78 is 46.3. The van der Waals surface area contributed by atoms with Gasteiger partial charge in [-0.1, -0.05) is 18.2 Å². The smallest absolute Gasteiger partial charge is 0.338 e. The topological polar surface area (TPSA) is 66.9 Å². The molecule has 29 heavy (non-hydrogen) atoms. The molecular formula is C21H25FN2O4S. The molecule has 156 valence electrons. The molecule has 1 fully saturated rings. The highest BCUT2D eigenvalue weighted by Gasteiger charge is 2.31. The fourth-order valence-electron chi connectivity index (χ4n) is 3.47. The van der Waals surface area contributed by atoms with E-state index in [1.165, 1.54) is 34.6 Å². The number of halogens is 1. The van der Waals surface area contributed by atoms with Crippen molar-refractivity contribution in [2.75, 3.05) is 32.8 Å². The van der Waals surface area contributed by atoms with Crippen LogP contribution in [0.4, 0.5) is 4.39 Å². The summed E-state index contributed by atoms with van der Waals surface area (Å²) in [6.45, 7) is 5.56. The zero-order valence-corrected chi connectivity index (χ0v) is 17.4. The van der Waals surface area contributed by atoms with Crippen molar-refractivity contribution in [3.8, 4) is 0 Å². The lowest BCUT2D eigenvalue weighted by molar-refractivity contribution is 0.0526. The van der Waals surface area contributed by atoms with E-state index in [0.717, 1.165) is 0 Å². The Labute approximate surface area is 170 Å². The van der Waals surface area contributed by atoms with Gasteiger partial charge >= 0.3 is 5.97 Å². The fraction of sp³-hybridized carbons (Fsp3) is 0.381. The first-order valence-corrected chi connectivity index (χ1v) is 11.0. The summed E-state index contributed by atoms with van der Waals surface area (Å²) in [5, 5.41) is 0. The summed E-state index contributed by atoms with van der Waals surface area (Å²) in [5.41, 5.74) is 0.924. The number of carbonyl (C=O) groups is 1. The van der Waals surface area contributed by atoms with Crippen LogP contribution < -0.4 is 0 Å². The Morgan fingerprint density at radius 3 is 2.28 bits per heavy atom. The van der Waals surface area contributed by atoms with E-state index in [-0.39, 0.29) is 23.4 Å². The number of sulfonamides is 1. The van der Waals surface area contributed by atoms with Gasteiger partial charge < -0.3 is 4.74 Å².